The first kappa shape index (κ1) is 16.5. The molecule has 0 aliphatic heterocycles. The predicted molar refractivity (Wildman–Crippen MR) is 70.5 cm³/mol. The number of carbonyl (C=O) groups is 1. The molecule has 2 N–H and O–H groups in total. The highest BCUT2D eigenvalue weighted by Crippen LogP contribution is 2.14. The van der Waals surface area contributed by atoms with Gasteiger partial charge in [0.05, 0.1) is 0 Å². The molecule has 0 spiro atoms. The van der Waals surface area contributed by atoms with Gasteiger partial charge in [-0.1, -0.05) is 6.07 Å². The van der Waals surface area contributed by atoms with Crippen molar-refractivity contribution in [1.29, 1.82) is 0 Å². The molecule has 112 valence electrons. The average Bonchev–Trinajstić information content (AvgIpc) is 2.33. The van der Waals surface area contributed by atoms with Crippen LogP contribution in [0.1, 0.15) is 12.5 Å². The van der Waals surface area contributed by atoms with Gasteiger partial charge < -0.3 is 5.32 Å². The van der Waals surface area contributed by atoms with Crippen LogP contribution in [0.4, 0.5) is 8.78 Å². The lowest BCUT2D eigenvalue weighted by atomic mass is 10.1. The Labute approximate surface area is 116 Å². The summed E-state index contributed by atoms with van der Waals surface area (Å²) in [6, 6.07) is 2.90. The molecule has 0 radical (unpaired) electrons. The van der Waals surface area contributed by atoms with Gasteiger partial charge in [-0.3, -0.25) is 4.79 Å². The maximum absolute atomic E-state index is 13.4. The minimum Gasteiger partial charge on any atom is -0.352 e. The average molecular weight is 306 g/mol. The van der Waals surface area contributed by atoms with Crippen LogP contribution in [0.3, 0.4) is 0 Å². The van der Waals surface area contributed by atoms with Crippen molar-refractivity contribution < 1.29 is 22.0 Å². The van der Waals surface area contributed by atoms with Gasteiger partial charge in [-0.05, 0) is 32.5 Å². The molecule has 1 unspecified atom stereocenters. The number of benzene rings is 1. The fraction of sp³-hybridized carbons (Fsp3) is 0.417. The lowest BCUT2D eigenvalue weighted by Gasteiger charge is -2.15. The molecule has 1 atom stereocenters. The van der Waals surface area contributed by atoms with E-state index in [1.54, 1.807) is 0 Å². The van der Waals surface area contributed by atoms with Crippen molar-refractivity contribution in [2.24, 2.45) is 0 Å². The number of nitrogens with one attached hydrogen (secondary N) is 2. The van der Waals surface area contributed by atoms with Crippen LogP contribution >= 0.6 is 0 Å². The molecule has 20 heavy (non-hydrogen) atoms. The molecule has 1 aromatic rings. The Morgan fingerprint density at radius 1 is 1.30 bits per heavy atom. The first-order chi connectivity index (χ1) is 9.25. The highest BCUT2D eigenvalue weighted by molar-refractivity contribution is 7.90. The molecule has 0 saturated carbocycles. The molecule has 0 saturated heterocycles. The van der Waals surface area contributed by atoms with Gasteiger partial charge in [-0.2, -0.15) is 0 Å². The number of rotatable bonds is 6. The Morgan fingerprint density at radius 3 is 2.35 bits per heavy atom. The number of amides is 1. The second-order valence-corrected chi connectivity index (χ2v) is 6.26. The fourth-order valence-electron chi connectivity index (χ4n) is 1.65. The standard InChI is InChI=1S/C12H16F2N2O3S/c1-8(16-12(17)7-20(18,19)15-2)6-9-10(13)4-3-5-11(9)14/h3-5,8,15H,6-7H2,1-2H3,(H,16,17). The van der Waals surface area contributed by atoms with E-state index in [9.17, 15) is 22.0 Å². The summed E-state index contributed by atoms with van der Waals surface area (Å²) in [5, 5.41) is 2.38. The topological polar surface area (TPSA) is 75.3 Å². The zero-order valence-corrected chi connectivity index (χ0v) is 11.9. The second kappa shape index (κ2) is 6.76. The number of sulfonamides is 1. The number of halogens is 2. The van der Waals surface area contributed by atoms with E-state index in [1.165, 1.54) is 20.0 Å². The molecule has 0 aromatic heterocycles. The summed E-state index contributed by atoms with van der Waals surface area (Å²) in [5.74, 6) is -2.86. The monoisotopic (exact) mass is 306 g/mol. The van der Waals surface area contributed by atoms with Gasteiger partial charge in [-0.25, -0.2) is 21.9 Å². The summed E-state index contributed by atoms with van der Waals surface area (Å²) < 4.78 is 51.2. The van der Waals surface area contributed by atoms with Crippen LogP contribution in [-0.2, 0) is 21.2 Å². The molecule has 1 amide bonds. The smallest absolute Gasteiger partial charge is 0.236 e. The summed E-state index contributed by atoms with van der Waals surface area (Å²) in [7, 11) is -2.47. The van der Waals surface area contributed by atoms with Crippen molar-refractivity contribution in [1.82, 2.24) is 10.0 Å². The molecule has 0 aliphatic carbocycles. The van der Waals surface area contributed by atoms with E-state index >= 15 is 0 Å². The lowest BCUT2D eigenvalue weighted by Crippen LogP contribution is -2.40. The minimum absolute atomic E-state index is 0.0656. The molecule has 0 aliphatic rings. The van der Waals surface area contributed by atoms with Crippen LogP contribution in [0, 0.1) is 11.6 Å². The van der Waals surface area contributed by atoms with Crippen LogP contribution in [0.2, 0.25) is 0 Å². The Hall–Kier alpha value is -1.54. The van der Waals surface area contributed by atoms with Gasteiger partial charge in [0.25, 0.3) is 0 Å². The molecule has 8 heteroatoms. The molecular weight excluding hydrogens is 290 g/mol. The summed E-state index contributed by atoms with van der Waals surface area (Å²) >= 11 is 0. The first-order valence-corrected chi connectivity index (χ1v) is 7.54. The lowest BCUT2D eigenvalue weighted by molar-refractivity contribution is -0.119. The van der Waals surface area contributed by atoms with Gasteiger partial charge in [0.2, 0.25) is 15.9 Å². The van der Waals surface area contributed by atoms with E-state index in [1.807, 2.05) is 4.72 Å². The number of hydrogen-bond acceptors (Lipinski definition) is 3. The normalized spacial score (nSPS) is 13.0. The van der Waals surface area contributed by atoms with Crippen molar-refractivity contribution >= 4 is 15.9 Å². The van der Waals surface area contributed by atoms with Crippen LogP contribution < -0.4 is 10.0 Å². The Bertz CT molecular complexity index is 570. The van der Waals surface area contributed by atoms with Crippen LogP contribution in [0.15, 0.2) is 18.2 Å². The van der Waals surface area contributed by atoms with E-state index in [0.29, 0.717) is 0 Å². The van der Waals surface area contributed by atoms with E-state index in [2.05, 4.69) is 5.32 Å². The molecule has 5 nitrogen and oxygen atoms in total. The summed E-state index contributed by atoms with van der Waals surface area (Å²) in [4.78, 5) is 11.5. The Kier molecular flexibility index (Phi) is 5.58. The molecule has 0 heterocycles. The third-order valence-electron chi connectivity index (χ3n) is 2.61. The fourth-order valence-corrected chi connectivity index (χ4v) is 2.22. The maximum atomic E-state index is 13.4. The zero-order valence-electron chi connectivity index (χ0n) is 11.1. The van der Waals surface area contributed by atoms with E-state index in [0.717, 1.165) is 12.1 Å². The van der Waals surface area contributed by atoms with Crippen molar-refractivity contribution in [2.75, 3.05) is 12.8 Å². The highest BCUT2D eigenvalue weighted by atomic mass is 32.2. The SMILES string of the molecule is CNS(=O)(=O)CC(=O)NC(C)Cc1c(F)cccc1F. The van der Waals surface area contributed by atoms with Gasteiger partial charge in [0.15, 0.2) is 0 Å². The van der Waals surface area contributed by atoms with E-state index in [-0.39, 0.29) is 12.0 Å². The third-order valence-corrected chi connectivity index (χ3v) is 3.88. The van der Waals surface area contributed by atoms with Gasteiger partial charge in [-0.15, -0.1) is 0 Å². The molecule has 1 aromatic carbocycles. The van der Waals surface area contributed by atoms with Crippen molar-refractivity contribution in [3.63, 3.8) is 0 Å². The Morgan fingerprint density at radius 2 is 1.85 bits per heavy atom. The summed E-state index contributed by atoms with van der Waals surface area (Å²) in [5.41, 5.74) is -0.142. The first-order valence-electron chi connectivity index (χ1n) is 5.88. The molecule has 0 bridgehead atoms. The minimum atomic E-state index is -3.66. The summed E-state index contributed by atoms with van der Waals surface area (Å²) in [6.07, 6.45) is -0.0656. The van der Waals surface area contributed by atoms with Crippen LogP contribution in [-0.4, -0.2) is 33.2 Å². The van der Waals surface area contributed by atoms with E-state index in [4.69, 9.17) is 0 Å². The molecular formula is C12H16F2N2O3S. The number of hydrogen-bond donors (Lipinski definition) is 2. The van der Waals surface area contributed by atoms with Crippen LogP contribution in [0.5, 0.6) is 0 Å². The number of carbonyl (C=O) groups excluding carboxylic acids is 1. The van der Waals surface area contributed by atoms with Crippen molar-refractivity contribution in [2.45, 2.75) is 19.4 Å². The van der Waals surface area contributed by atoms with Crippen molar-refractivity contribution in [3.8, 4) is 0 Å². The molecule has 1 rings (SSSR count). The third kappa shape index (κ3) is 4.86. The van der Waals surface area contributed by atoms with Gasteiger partial charge >= 0.3 is 0 Å². The van der Waals surface area contributed by atoms with Crippen LogP contribution in [0.25, 0.3) is 0 Å². The quantitative estimate of drug-likeness (QED) is 0.806. The van der Waals surface area contributed by atoms with E-state index < -0.39 is 39.4 Å². The maximum Gasteiger partial charge on any atom is 0.236 e. The summed E-state index contributed by atoms with van der Waals surface area (Å²) in [6.45, 7) is 1.54. The predicted octanol–water partition coefficient (Wildman–Crippen LogP) is 0.561. The highest BCUT2D eigenvalue weighted by Gasteiger charge is 2.18. The van der Waals surface area contributed by atoms with Crippen molar-refractivity contribution in [3.05, 3.63) is 35.4 Å². The second-order valence-electron chi connectivity index (χ2n) is 4.34. The zero-order chi connectivity index (χ0) is 15.3. The Balaban J connectivity index is 2.64. The van der Waals surface area contributed by atoms with Gasteiger partial charge in [0.1, 0.15) is 17.4 Å². The van der Waals surface area contributed by atoms with Gasteiger partial charge in [0, 0.05) is 11.6 Å². The largest absolute Gasteiger partial charge is 0.352 e. The molecule has 0 fully saturated rings.